The van der Waals surface area contributed by atoms with Crippen LogP contribution in [-0.2, 0) is 26.3 Å². The van der Waals surface area contributed by atoms with E-state index in [2.05, 4.69) is 44.5 Å². The van der Waals surface area contributed by atoms with Gasteiger partial charge >= 0.3 is 6.18 Å². The zero-order chi connectivity index (χ0) is 26.0. The molecule has 0 unspecified atom stereocenters. The number of pyridine rings is 1. The van der Waals surface area contributed by atoms with Crippen molar-refractivity contribution in [2.24, 2.45) is 13.0 Å². The van der Waals surface area contributed by atoms with Gasteiger partial charge in [-0.2, -0.15) is 13.2 Å². The molecule has 0 amide bonds. The van der Waals surface area contributed by atoms with E-state index in [0.29, 0.717) is 18.0 Å². The smallest absolute Gasteiger partial charge is 0.379 e. The summed E-state index contributed by atoms with van der Waals surface area (Å²) in [6, 6.07) is 9.16. The van der Waals surface area contributed by atoms with Gasteiger partial charge in [-0.15, -0.1) is 10.2 Å². The lowest BCUT2D eigenvalue weighted by molar-refractivity contribution is -0.138. The number of alkyl halides is 3. The molecule has 1 atom stereocenters. The maximum absolute atomic E-state index is 14.0. The summed E-state index contributed by atoms with van der Waals surface area (Å²) in [5.74, 6) is 1.51. The Balaban J connectivity index is 1.33. The second-order valence-corrected chi connectivity index (χ2v) is 10.3. The minimum atomic E-state index is -4.47. The van der Waals surface area contributed by atoms with Crippen molar-refractivity contribution < 1.29 is 13.2 Å². The summed E-state index contributed by atoms with van der Waals surface area (Å²) in [5, 5.41) is 11.6. The molecule has 2 aromatic heterocycles. The van der Waals surface area contributed by atoms with Crippen LogP contribution in [0.4, 0.5) is 18.9 Å². The molecule has 0 saturated heterocycles. The Morgan fingerprint density at radius 2 is 2.03 bits per heavy atom. The number of anilines is 1. The summed E-state index contributed by atoms with van der Waals surface area (Å²) in [6.07, 6.45) is 5.39. The highest BCUT2D eigenvalue weighted by Crippen LogP contribution is 2.43. The SMILES string of the molecule is CC1=CCCN(Cc2cnc(CNc3cccc([C@H](c4nncn4C)C4CCC4)c3)c(C(F)(F)F)c2)C1. The molecular weight excluding hydrogens is 477 g/mol. The molecule has 1 aromatic carbocycles. The highest BCUT2D eigenvalue weighted by atomic mass is 19.4. The number of nitrogens with zero attached hydrogens (tertiary/aromatic N) is 5. The van der Waals surface area contributed by atoms with E-state index >= 15 is 0 Å². The van der Waals surface area contributed by atoms with E-state index in [1.54, 1.807) is 12.5 Å². The van der Waals surface area contributed by atoms with Crippen molar-refractivity contribution in [1.82, 2.24) is 24.6 Å². The van der Waals surface area contributed by atoms with Crippen molar-refractivity contribution in [2.75, 3.05) is 18.4 Å². The van der Waals surface area contributed by atoms with Crippen LogP contribution in [0.5, 0.6) is 0 Å². The lowest BCUT2D eigenvalue weighted by atomic mass is 9.72. The van der Waals surface area contributed by atoms with Gasteiger partial charge in [0.15, 0.2) is 0 Å². The standard InChI is InChI=1S/C28H33F3N6/c1-19-6-5-11-37(16-19)17-20-12-24(28(29,30)31)25(33-14-20)15-32-23-10-4-9-22(13-23)26(21-7-3-8-21)27-35-34-18-36(27)2/h4,6,9-10,12-14,18,21,26,32H,3,5,7-8,11,15-17H2,1-2H3/t26-/m1/s1. The Labute approximate surface area is 215 Å². The van der Waals surface area contributed by atoms with Gasteiger partial charge in [0, 0.05) is 44.5 Å². The predicted molar refractivity (Wildman–Crippen MR) is 137 cm³/mol. The van der Waals surface area contributed by atoms with Gasteiger partial charge in [0.1, 0.15) is 12.2 Å². The summed E-state index contributed by atoms with van der Waals surface area (Å²) >= 11 is 0. The molecule has 196 valence electrons. The maximum Gasteiger partial charge on any atom is 0.418 e. The molecule has 1 N–H and O–H groups in total. The first-order valence-electron chi connectivity index (χ1n) is 12.9. The molecule has 0 bridgehead atoms. The van der Waals surface area contributed by atoms with Crippen molar-refractivity contribution in [3.8, 4) is 0 Å². The fourth-order valence-electron chi connectivity index (χ4n) is 5.40. The molecule has 3 heterocycles. The summed E-state index contributed by atoms with van der Waals surface area (Å²) in [7, 11) is 1.94. The van der Waals surface area contributed by atoms with Crippen molar-refractivity contribution in [1.29, 1.82) is 0 Å². The molecule has 6 nitrogen and oxygen atoms in total. The molecule has 1 aliphatic carbocycles. The number of aromatic nitrogens is 4. The van der Waals surface area contributed by atoms with Gasteiger partial charge in [0.2, 0.25) is 0 Å². The van der Waals surface area contributed by atoms with Crippen molar-refractivity contribution in [3.63, 3.8) is 0 Å². The van der Waals surface area contributed by atoms with E-state index in [9.17, 15) is 13.2 Å². The molecule has 1 aliphatic heterocycles. The Kier molecular flexibility index (Phi) is 7.33. The normalized spacial score (nSPS) is 17.8. The number of nitrogens with one attached hydrogen (secondary N) is 1. The van der Waals surface area contributed by atoms with Crippen LogP contribution in [0.15, 0.2) is 54.5 Å². The zero-order valence-corrected chi connectivity index (χ0v) is 21.3. The van der Waals surface area contributed by atoms with Crippen molar-refractivity contribution in [2.45, 2.75) is 57.8 Å². The lowest BCUT2D eigenvalue weighted by Crippen LogP contribution is -2.29. The number of hydrogen-bond donors (Lipinski definition) is 1. The highest BCUT2D eigenvalue weighted by molar-refractivity contribution is 5.48. The van der Waals surface area contributed by atoms with Crippen LogP contribution < -0.4 is 5.32 Å². The van der Waals surface area contributed by atoms with Crippen LogP contribution >= 0.6 is 0 Å². The number of benzene rings is 1. The number of hydrogen-bond acceptors (Lipinski definition) is 5. The van der Waals surface area contributed by atoms with Gasteiger partial charge in [-0.3, -0.25) is 9.88 Å². The molecule has 37 heavy (non-hydrogen) atoms. The molecular formula is C28H33F3N6. The van der Waals surface area contributed by atoms with Crippen LogP contribution in [0.2, 0.25) is 0 Å². The highest BCUT2D eigenvalue weighted by Gasteiger charge is 2.35. The van der Waals surface area contributed by atoms with Crippen LogP contribution in [0.1, 0.15) is 66.7 Å². The fourth-order valence-corrected chi connectivity index (χ4v) is 5.40. The topological polar surface area (TPSA) is 58.9 Å². The van der Waals surface area contributed by atoms with Crippen LogP contribution in [-0.4, -0.2) is 37.7 Å². The minimum Gasteiger partial charge on any atom is -0.379 e. The average Bonchev–Trinajstić information content (AvgIpc) is 3.25. The Hall–Kier alpha value is -3.20. The van der Waals surface area contributed by atoms with E-state index in [0.717, 1.165) is 49.4 Å². The summed E-state index contributed by atoms with van der Waals surface area (Å²) in [5.41, 5.74) is 3.01. The summed E-state index contributed by atoms with van der Waals surface area (Å²) in [6.45, 7) is 4.12. The van der Waals surface area contributed by atoms with Gasteiger partial charge in [0.25, 0.3) is 0 Å². The molecule has 0 radical (unpaired) electrons. The first-order valence-corrected chi connectivity index (χ1v) is 12.9. The van der Waals surface area contributed by atoms with E-state index in [-0.39, 0.29) is 18.2 Å². The minimum absolute atomic E-state index is 0.000202. The first-order chi connectivity index (χ1) is 17.8. The number of rotatable bonds is 8. The Morgan fingerprint density at radius 1 is 1.19 bits per heavy atom. The Morgan fingerprint density at radius 3 is 2.70 bits per heavy atom. The van der Waals surface area contributed by atoms with Gasteiger partial charge in [-0.05, 0) is 61.4 Å². The number of aryl methyl sites for hydroxylation is 1. The summed E-state index contributed by atoms with van der Waals surface area (Å²) < 4.78 is 43.9. The van der Waals surface area contributed by atoms with Gasteiger partial charge < -0.3 is 9.88 Å². The van der Waals surface area contributed by atoms with E-state index in [4.69, 9.17) is 0 Å². The molecule has 0 spiro atoms. The van der Waals surface area contributed by atoms with E-state index in [1.165, 1.54) is 18.1 Å². The van der Waals surface area contributed by atoms with E-state index in [1.807, 2.05) is 29.8 Å². The van der Waals surface area contributed by atoms with Crippen LogP contribution in [0.3, 0.4) is 0 Å². The van der Waals surface area contributed by atoms with Gasteiger partial charge in [0.05, 0.1) is 17.8 Å². The second kappa shape index (κ2) is 10.7. The largest absolute Gasteiger partial charge is 0.418 e. The maximum atomic E-state index is 14.0. The predicted octanol–water partition coefficient (Wildman–Crippen LogP) is 5.93. The molecule has 2 aliphatic rings. The van der Waals surface area contributed by atoms with Crippen LogP contribution in [0, 0.1) is 5.92 Å². The molecule has 9 heteroatoms. The molecule has 3 aromatic rings. The van der Waals surface area contributed by atoms with Crippen LogP contribution in [0.25, 0.3) is 0 Å². The van der Waals surface area contributed by atoms with E-state index < -0.39 is 11.7 Å². The van der Waals surface area contributed by atoms with Crippen molar-refractivity contribution >= 4 is 5.69 Å². The molecule has 5 rings (SSSR count). The fraction of sp³-hybridized carbons (Fsp3) is 0.464. The lowest BCUT2D eigenvalue weighted by Gasteiger charge is -2.33. The number of halogens is 3. The monoisotopic (exact) mass is 510 g/mol. The zero-order valence-electron chi connectivity index (χ0n) is 21.3. The average molecular weight is 511 g/mol. The van der Waals surface area contributed by atoms with Crippen molar-refractivity contribution in [3.05, 3.63) is 82.7 Å². The van der Waals surface area contributed by atoms with Gasteiger partial charge in [-0.1, -0.05) is 30.2 Å². The first kappa shape index (κ1) is 25.4. The second-order valence-electron chi connectivity index (χ2n) is 10.3. The molecule has 1 fully saturated rings. The third-order valence-corrected chi connectivity index (χ3v) is 7.50. The quantitative estimate of drug-likeness (QED) is 0.381. The summed E-state index contributed by atoms with van der Waals surface area (Å²) in [4.78, 5) is 6.42. The van der Waals surface area contributed by atoms with Gasteiger partial charge in [-0.25, -0.2) is 0 Å². The third-order valence-electron chi connectivity index (χ3n) is 7.50. The Bertz CT molecular complexity index is 1260. The molecule has 1 saturated carbocycles. The third kappa shape index (κ3) is 5.87.